The number of imide groups is 2. The van der Waals surface area contributed by atoms with Gasteiger partial charge in [-0.1, -0.05) is 48.4 Å². The Hall–Kier alpha value is -4.27. The first kappa shape index (κ1) is 28.8. The fourth-order valence-electron chi connectivity index (χ4n) is 8.09. The molecule has 0 spiro atoms. The van der Waals surface area contributed by atoms with E-state index < -0.39 is 41.0 Å². The number of aromatic hydroxyl groups is 1. The zero-order valence-corrected chi connectivity index (χ0v) is 24.4. The Bertz CT molecular complexity index is 1550. The standard InChI is InChI=1S/C34H36N2O7/c1-19-17-20(12-15-26(19)37)29-22-13-14-23-28(32(42)35(30(23)40)16-8-4-7-11-27(38)39)24(22)18-25-31(41)36(33(43)34(25,29)2)21-9-5-3-6-10-21/h3,5-6,9-10,12-13,15,17,23-25,28-29,37H,4,7-8,11,14,16,18H2,1-2H3,(H,38,39)/t23-,24+,25-,28-,29-,34+/m0/s1. The van der Waals surface area contributed by atoms with Crippen LogP contribution in [0.4, 0.5) is 5.69 Å². The van der Waals surface area contributed by atoms with Crippen LogP contribution in [-0.4, -0.2) is 51.3 Å². The van der Waals surface area contributed by atoms with Crippen molar-refractivity contribution in [2.45, 2.75) is 58.3 Å². The molecule has 9 heteroatoms. The molecule has 2 N–H and O–H groups in total. The fourth-order valence-corrected chi connectivity index (χ4v) is 8.09. The quantitative estimate of drug-likeness (QED) is 0.264. The van der Waals surface area contributed by atoms with Crippen molar-refractivity contribution in [1.82, 2.24) is 4.90 Å². The highest BCUT2D eigenvalue weighted by Crippen LogP contribution is 2.63. The zero-order valence-electron chi connectivity index (χ0n) is 24.4. The van der Waals surface area contributed by atoms with Crippen LogP contribution in [0, 0.1) is 36.0 Å². The van der Waals surface area contributed by atoms with Crippen molar-refractivity contribution < 1.29 is 34.2 Å². The van der Waals surface area contributed by atoms with Gasteiger partial charge in [-0.05, 0) is 74.8 Å². The number of para-hydroxylation sites is 1. The van der Waals surface area contributed by atoms with E-state index >= 15 is 0 Å². The highest BCUT2D eigenvalue weighted by molar-refractivity contribution is 6.24. The number of hydrogen-bond donors (Lipinski definition) is 2. The molecular weight excluding hydrogens is 548 g/mol. The van der Waals surface area contributed by atoms with Crippen molar-refractivity contribution in [1.29, 1.82) is 0 Å². The molecule has 2 aliphatic heterocycles. The Morgan fingerprint density at radius 2 is 1.70 bits per heavy atom. The molecule has 6 rings (SSSR count). The molecule has 1 saturated carbocycles. The maximum Gasteiger partial charge on any atom is 0.303 e. The van der Waals surface area contributed by atoms with E-state index in [4.69, 9.17) is 5.11 Å². The number of carbonyl (C=O) groups is 5. The number of phenols is 1. The number of anilines is 1. The minimum atomic E-state index is -1.12. The fraction of sp³-hybridized carbons (Fsp3) is 0.441. The van der Waals surface area contributed by atoms with Crippen LogP contribution in [0.3, 0.4) is 0 Å². The van der Waals surface area contributed by atoms with Gasteiger partial charge in [-0.2, -0.15) is 0 Å². The summed E-state index contributed by atoms with van der Waals surface area (Å²) < 4.78 is 0. The Morgan fingerprint density at radius 1 is 0.953 bits per heavy atom. The second-order valence-corrected chi connectivity index (χ2v) is 12.6. The first-order valence-corrected chi connectivity index (χ1v) is 15.1. The summed E-state index contributed by atoms with van der Waals surface area (Å²) in [5.74, 6) is -4.54. The van der Waals surface area contributed by atoms with Crippen molar-refractivity contribution in [3.63, 3.8) is 0 Å². The van der Waals surface area contributed by atoms with Crippen LogP contribution < -0.4 is 4.90 Å². The summed E-state index contributed by atoms with van der Waals surface area (Å²) >= 11 is 0. The maximum absolute atomic E-state index is 14.4. The van der Waals surface area contributed by atoms with Crippen LogP contribution in [0.15, 0.2) is 60.2 Å². The van der Waals surface area contributed by atoms with E-state index in [-0.39, 0.29) is 48.8 Å². The van der Waals surface area contributed by atoms with E-state index in [0.29, 0.717) is 36.9 Å². The minimum absolute atomic E-state index is 0.0491. The lowest BCUT2D eigenvalue weighted by Gasteiger charge is -2.49. The number of phenolic OH excluding ortho intramolecular Hbond substituents is 1. The summed E-state index contributed by atoms with van der Waals surface area (Å²) in [7, 11) is 0. The molecular formula is C34H36N2O7. The highest BCUT2D eigenvalue weighted by Gasteiger charge is 2.67. The topological polar surface area (TPSA) is 132 Å². The third-order valence-electron chi connectivity index (χ3n) is 10.2. The predicted molar refractivity (Wildman–Crippen MR) is 157 cm³/mol. The van der Waals surface area contributed by atoms with E-state index in [1.165, 1.54) is 9.80 Å². The Morgan fingerprint density at radius 3 is 2.40 bits per heavy atom. The monoisotopic (exact) mass is 584 g/mol. The van der Waals surface area contributed by atoms with Gasteiger partial charge in [0, 0.05) is 18.9 Å². The van der Waals surface area contributed by atoms with Gasteiger partial charge in [-0.15, -0.1) is 0 Å². The number of fused-ring (bicyclic) bond motifs is 4. The van der Waals surface area contributed by atoms with Crippen LogP contribution in [0.25, 0.3) is 0 Å². The average Bonchev–Trinajstić information content (AvgIpc) is 3.34. The summed E-state index contributed by atoms with van der Waals surface area (Å²) in [6.07, 6.45) is 4.34. The second-order valence-electron chi connectivity index (χ2n) is 12.6. The van der Waals surface area contributed by atoms with Gasteiger partial charge in [0.1, 0.15) is 5.75 Å². The summed E-state index contributed by atoms with van der Waals surface area (Å²) in [4.78, 5) is 69.4. The molecule has 2 heterocycles. The number of unbranched alkanes of at least 4 members (excludes halogenated alkanes) is 2. The zero-order chi connectivity index (χ0) is 30.6. The number of aliphatic carboxylic acids is 1. The number of carboxylic acid groups (broad SMARTS) is 1. The van der Waals surface area contributed by atoms with Crippen molar-refractivity contribution in [3.8, 4) is 5.75 Å². The van der Waals surface area contributed by atoms with Crippen molar-refractivity contribution in [2.24, 2.45) is 29.1 Å². The van der Waals surface area contributed by atoms with Gasteiger partial charge in [0.05, 0.1) is 28.9 Å². The molecule has 2 aromatic carbocycles. The normalized spacial score (nSPS) is 29.8. The molecule has 2 saturated heterocycles. The summed E-state index contributed by atoms with van der Waals surface area (Å²) in [5.41, 5.74) is 1.73. The molecule has 224 valence electrons. The van der Waals surface area contributed by atoms with Crippen LogP contribution >= 0.6 is 0 Å². The molecule has 4 amide bonds. The van der Waals surface area contributed by atoms with Gasteiger partial charge in [-0.25, -0.2) is 4.90 Å². The molecule has 43 heavy (non-hydrogen) atoms. The molecule has 0 bridgehead atoms. The van der Waals surface area contributed by atoms with E-state index in [0.717, 1.165) is 11.1 Å². The van der Waals surface area contributed by atoms with Gasteiger partial charge in [-0.3, -0.25) is 28.9 Å². The van der Waals surface area contributed by atoms with Crippen LogP contribution in [-0.2, 0) is 24.0 Å². The predicted octanol–water partition coefficient (Wildman–Crippen LogP) is 4.58. The minimum Gasteiger partial charge on any atom is -0.508 e. The number of amides is 4. The SMILES string of the molecule is Cc1cc([C@H]2C3=CC[C@@H]4C(=O)N(CCCCCC(=O)O)C(=O)[C@@H]4[C@@H]3C[C@H]3C(=O)N(c4ccccc4)C(=O)[C@@]23C)ccc1O. The number of likely N-dealkylation sites (tertiary alicyclic amines) is 1. The number of hydrogen-bond acceptors (Lipinski definition) is 6. The third-order valence-corrected chi connectivity index (χ3v) is 10.2. The number of carbonyl (C=O) groups excluding carboxylic acids is 4. The Balaban J connectivity index is 1.38. The van der Waals surface area contributed by atoms with Gasteiger partial charge in [0.15, 0.2) is 0 Å². The first-order valence-electron chi connectivity index (χ1n) is 15.1. The molecule has 9 nitrogen and oxygen atoms in total. The van der Waals surface area contributed by atoms with Gasteiger partial charge >= 0.3 is 5.97 Å². The smallest absolute Gasteiger partial charge is 0.303 e. The largest absolute Gasteiger partial charge is 0.508 e. The molecule has 2 aromatic rings. The van der Waals surface area contributed by atoms with Crippen LogP contribution in [0.1, 0.15) is 62.5 Å². The Kier molecular flexibility index (Phi) is 7.22. The lowest BCUT2D eigenvalue weighted by atomic mass is 9.51. The van der Waals surface area contributed by atoms with E-state index in [1.54, 1.807) is 43.3 Å². The first-order chi connectivity index (χ1) is 20.6. The summed E-state index contributed by atoms with van der Waals surface area (Å²) in [6, 6.07) is 14.1. The van der Waals surface area contributed by atoms with Crippen LogP contribution in [0.5, 0.6) is 5.75 Å². The number of benzene rings is 2. The summed E-state index contributed by atoms with van der Waals surface area (Å²) in [5, 5.41) is 19.2. The highest BCUT2D eigenvalue weighted by atomic mass is 16.4. The van der Waals surface area contributed by atoms with E-state index in [2.05, 4.69) is 0 Å². The number of aryl methyl sites for hydroxylation is 1. The lowest BCUT2D eigenvalue weighted by molar-refractivity contribution is -0.141. The van der Waals surface area contributed by atoms with Gasteiger partial charge in [0.25, 0.3) is 0 Å². The molecule has 0 radical (unpaired) electrons. The maximum atomic E-state index is 14.4. The molecule has 6 atom stereocenters. The van der Waals surface area contributed by atoms with Gasteiger partial charge < -0.3 is 10.2 Å². The van der Waals surface area contributed by atoms with Crippen LogP contribution in [0.2, 0.25) is 0 Å². The van der Waals surface area contributed by atoms with E-state index in [9.17, 15) is 29.1 Å². The summed E-state index contributed by atoms with van der Waals surface area (Å²) in [6.45, 7) is 3.88. The van der Waals surface area contributed by atoms with Gasteiger partial charge in [0.2, 0.25) is 23.6 Å². The molecule has 2 aliphatic carbocycles. The number of carboxylic acids is 1. The molecule has 0 unspecified atom stereocenters. The molecule has 3 fully saturated rings. The van der Waals surface area contributed by atoms with E-state index in [1.807, 2.05) is 25.1 Å². The molecule has 0 aromatic heterocycles. The molecule has 4 aliphatic rings. The number of nitrogens with zero attached hydrogens (tertiary/aromatic N) is 2. The van der Waals surface area contributed by atoms with Crippen molar-refractivity contribution in [2.75, 3.05) is 11.4 Å². The number of allylic oxidation sites excluding steroid dienone is 2. The second kappa shape index (κ2) is 10.8. The third kappa shape index (κ3) is 4.48. The average molecular weight is 585 g/mol. The number of rotatable bonds is 8. The van der Waals surface area contributed by atoms with Crippen molar-refractivity contribution >= 4 is 35.3 Å². The Labute approximate surface area is 250 Å². The van der Waals surface area contributed by atoms with Crippen molar-refractivity contribution in [3.05, 3.63) is 71.3 Å². The lowest BCUT2D eigenvalue weighted by Crippen LogP contribution is -2.48.